The number of carbonyl (C=O) groups excluding carboxylic acids is 1. The number of β-amino-alcohol motifs (C(OH)–C–C–N with tert-alkyl or cyclic N) is 1. The summed E-state index contributed by atoms with van der Waals surface area (Å²) >= 11 is 0. The van der Waals surface area contributed by atoms with E-state index >= 15 is 0 Å². The lowest BCUT2D eigenvalue weighted by atomic mass is 9.95. The fourth-order valence-corrected chi connectivity index (χ4v) is 2.36. The number of aliphatic hydroxyl groups is 1. The molecule has 2 fully saturated rings. The second-order valence-corrected chi connectivity index (χ2v) is 4.77. The van der Waals surface area contributed by atoms with Gasteiger partial charge in [0.15, 0.2) is 0 Å². The zero-order valence-corrected chi connectivity index (χ0v) is 9.28. The molecule has 2 saturated heterocycles. The lowest BCUT2D eigenvalue weighted by Gasteiger charge is -2.35. The van der Waals surface area contributed by atoms with E-state index in [9.17, 15) is 9.90 Å². The van der Waals surface area contributed by atoms with Crippen LogP contribution in [-0.4, -0.2) is 47.7 Å². The summed E-state index contributed by atoms with van der Waals surface area (Å²) in [6.07, 6.45) is 2.60. The summed E-state index contributed by atoms with van der Waals surface area (Å²) in [7, 11) is 0. The van der Waals surface area contributed by atoms with Gasteiger partial charge in [0.25, 0.3) is 0 Å². The molecule has 2 heterocycles. The predicted molar refractivity (Wildman–Crippen MR) is 57.4 cm³/mol. The quantitative estimate of drug-likeness (QED) is 0.641. The van der Waals surface area contributed by atoms with Gasteiger partial charge in [0, 0.05) is 13.1 Å². The lowest BCUT2D eigenvalue weighted by molar-refractivity contribution is -0.137. The molecule has 4 nitrogen and oxygen atoms in total. The topological polar surface area (TPSA) is 52.6 Å². The molecule has 2 aliphatic rings. The molecule has 0 spiro atoms. The molecule has 2 rings (SSSR count). The van der Waals surface area contributed by atoms with Crippen molar-refractivity contribution in [3.63, 3.8) is 0 Å². The monoisotopic (exact) mass is 212 g/mol. The van der Waals surface area contributed by atoms with Crippen LogP contribution in [0.25, 0.3) is 0 Å². The summed E-state index contributed by atoms with van der Waals surface area (Å²) in [5, 5.41) is 12.9. The van der Waals surface area contributed by atoms with E-state index < -0.39 is 0 Å². The van der Waals surface area contributed by atoms with E-state index in [0.29, 0.717) is 12.5 Å². The van der Waals surface area contributed by atoms with Crippen LogP contribution in [0.1, 0.15) is 26.2 Å². The summed E-state index contributed by atoms with van der Waals surface area (Å²) in [5.74, 6) is 0.504. The Kier molecular flexibility index (Phi) is 3.26. The number of rotatable bonds is 1. The van der Waals surface area contributed by atoms with Crippen molar-refractivity contribution in [3.8, 4) is 0 Å². The third-order valence-electron chi connectivity index (χ3n) is 3.59. The summed E-state index contributed by atoms with van der Waals surface area (Å²) in [5.41, 5.74) is 0. The van der Waals surface area contributed by atoms with Gasteiger partial charge in [-0.25, -0.2) is 0 Å². The maximum atomic E-state index is 12.0. The molecule has 86 valence electrons. The van der Waals surface area contributed by atoms with E-state index in [0.717, 1.165) is 32.4 Å². The first-order valence-electron chi connectivity index (χ1n) is 5.88. The summed E-state index contributed by atoms with van der Waals surface area (Å²) in [4.78, 5) is 13.8. The highest BCUT2D eigenvalue weighted by Gasteiger charge is 2.32. The summed E-state index contributed by atoms with van der Waals surface area (Å²) in [6.45, 7) is 4.30. The summed E-state index contributed by atoms with van der Waals surface area (Å²) < 4.78 is 0. The highest BCUT2D eigenvalue weighted by Crippen LogP contribution is 2.19. The van der Waals surface area contributed by atoms with Gasteiger partial charge in [-0.05, 0) is 31.7 Å². The Morgan fingerprint density at radius 2 is 2.27 bits per heavy atom. The van der Waals surface area contributed by atoms with Crippen LogP contribution in [0.4, 0.5) is 0 Å². The van der Waals surface area contributed by atoms with Crippen molar-refractivity contribution in [1.29, 1.82) is 0 Å². The molecular weight excluding hydrogens is 192 g/mol. The second kappa shape index (κ2) is 4.49. The van der Waals surface area contributed by atoms with Gasteiger partial charge in [-0.3, -0.25) is 4.79 Å². The minimum absolute atomic E-state index is 0.00519. The Hall–Kier alpha value is -0.610. The van der Waals surface area contributed by atoms with E-state index in [1.807, 2.05) is 11.8 Å². The number of hydrogen-bond acceptors (Lipinski definition) is 3. The number of aliphatic hydroxyl groups excluding tert-OH is 1. The Morgan fingerprint density at radius 1 is 1.47 bits per heavy atom. The van der Waals surface area contributed by atoms with Gasteiger partial charge >= 0.3 is 0 Å². The van der Waals surface area contributed by atoms with Crippen molar-refractivity contribution in [2.45, 2.75) is 38.3 Å². The number of nitrogens with zero attached hydrogens (tertiary/aromatic N) is 1. The first-order valence-corrected chi connectivity index (χ1v) is 5.88. The van der Waals surface area contributed by atoms with E-state index in [1.54, 1.807) is 0 Å². The van der Waals surface area contributed by atoms with Crippen molar-refractivity contribution >= 4 is 5.91 Å². The molecule has 0 aromatic carbocycles. The van der Waals surface area contributed by atoms with Crippen LogP contribution in [0, 0.1) is 5.92 Å². The zero-order chi connectivity index (χ0) is 10.8. The minimum Gasteiger partial charge on any atom is -0.391 e. The van der Waals surface area contributed by atoms with E-state index in [4.69, 9.17) is 0 Å². The molecule has 0 aromatic heterocycles. The van der Waals surface area contributed by atoms with Crippen molar-refractivity contribution < 1.29 is 9.90 Å². The van der Waals surface area contributed by atoms with Crippen LogP contribution in [0.15, 0.2) is 0 Å². The van der Waals surface area contributed by atoms with Crippen LogP contribution in [0.3, 0.4) is 0 Å². The molecule has 3 atom stereocenters. The van der Waals surface area contributed by atoms with E-state index in [-0.39, 0.29) is 18.1 Å². The van der Waals surface area contributed by atoms with E-state index in [2.05, 4.69) is 5.32 Å². The molecule has 0 saturated carbocycles. The number of likely N-dealkylation sites (tertiary alicyclic amines) is 1. The second-order valence-electron chi connectivity index (χ2n) is 4.77. The lowest BCUT2D eigenvalue weighted by Crippen LogP contribution is -2.51. The number of nitrogens with one attached hydrogen (secondary N) is 1. The molecule has 4 heteroatoms. The standard InChI is InChI=1S/C11H20N2O2/c1-8-4-6-13(7-10(8)14)11(15)9-3-2-5-12-9/h8-10,12,14H,2-7H2,1H3/t8?,9-,10?/m0/s1. The average molecular weight is 212 g/mol. The molecular formula is C11H20N2O2. The van der Waals surface area contributed by atoms with Gasteiger partial charge in [0.05, 0.1) is 12.1 Å². The molecule has 15 heavy (non-hydrogen) atoms. The summed E-state index contributed by atoms with van der Waals surface area (Å²) in [6, 6.07) is 0.00519. The van der Waals surface area contributed by atoms with Crippen molar-refractivity contribution in [2.24, 2.45) is 5.92 Å². The molecule has 0 aliphatic carbocycles. The van der Waals surface area contributed by atoms with Crippen molar-refractivity contribution in [1.82, 2.24) is 10.2 Å². The maximum Gasteiger partial charge on any atom is 0.239 e. The number of amides is 1. The number of hydrogen-bond donors (Lipinski definition) is 2. The van der Waals surface area contributed by atoms with Gasteiger partial charge in [-0.2, -0.15) is 0 Å². The first-order chi connectivity index (χ1) is 7.18. The Morgan fingerprint density at radius 3 is 2.87 bits per heavy atom. The highest BCUT2D eigenvalue weighted by atomic mass is 16.3. The number of carbonyl (C=O) groups is 1. The van der Waals surface area contributed by atoms with Crippen LogP contribution in [0.2, 0.25) is 0 Å². The van der Waals surface area contributed by atoms with Gasteiger partial charge < -0.3 is 15.3 Å². The molecule has 0 radical (unpaired) electrons. The van der Waals surface area contributed by atoms with Crippen LogP contribution >= 0.6 is 0 Å². The van der Waals surface area contributed by atoms with Gasteiger partial charge in [0.1, 0.15) is 0 Å². The Balaban J connectivity index is 1.90. The van der Waals surface area contributed by atoms with E-state index in [1.165, 1.54) is 0 Å². The molecule has 2 N–H and O–H groups in total. The Bertz CT molecular complexity index is 239. The fourth-order valence-electron chi connectivity index (χ4n) is 2.36. The van der Waals surface area contributed by atoms with Crippen molar-refractivity contribution in [3.05, 3.63) is 0 Å². The van der Waals surface area contributed by atoms with Gasteiger partial charge in [-0.15, -0.1) is 0 Å². The maximum absolute atomic E-state index is 12.0. The fraction of sp³-hybridized carbons (Fsp3) is 0.909. The highest BCUT2D eigenvalue weighted by molar-refractivity contribution is 5.82. The van der Waals surface area contributed by atoms with Crippen LogP contribution < -0.4 is 5.32 Å². The largest absolute Gasteiger partial charge is 0.391 e. The third-order valence-corrected chi connectivity index (χ3v) is 3.59. The third kappa shape index (κ3) is 2.32. The molecule has 0 aromatic rings. The minimum atomic E-state index is -0.343. The van der Waals surface area contributed by atoms with Gasteiger partial charge in [0.2, 0.25) is 5.91 Å². The average Bonchev–Trinajstić information content (AvgIpc) is 2.74. The molecule has 0 bridgehead atoms. The van der Waals surface area contributed by atoms with Gasteiger partial charge in [-0.1, -0.05) is 6.92 Å². The Labute approximate surface area is 90.6 Å². The first kappa shape index (κ1) is 10.9. The molecule has 2 aliphatic heterocycles. The number of piperidine rings is 1. The SMILES string of the molecule is CC1CCN(C(=O)[C@@H]2CCCN2)CC1O. The predicted octanol–water partition coefficient (Wildman–Crippen LogP) is -0.0323. The van der Waals surface area contributed by atoms with Crippen LogP contribution in [-0.2, 0) is 4.79 Å². The molecule has 2 unspecified atom stereocenters. The molecule has 1 amide bonds. The van der Waals surface area contributed by atoms with Crippen LogP contribution in [0.5, 0.6) is 0 Å². The normalized spacial score (nSPS) is 36.9. The van der Waals surface area contributed by atoms with Crippen molar-refractivity contribution in [2.75, 3.05) is 19.6 Å². The smallest absolute Gasteiger partial charge is 0.239 e. The zero-order valence-electron chi connectivity index (χ0n) is 9.28.